The summed E-state index contributed by atoms with van der Waals surface area (Å²) >= 11 is 0. The van der Waals surface area contributed by atoms with Crippen molar-refractivity contribution in [1.82, 2.24) is 10.2 Å². The van der Waals surface area contributed by atoms with Gasteiger partial charge in [-0.15, -0.1) is 0 Å². The summed E-state index contributed by atoms with van der Waals surface area (Å²) in [6.07, 6.45) is 2.62. The van der Waals surface area contributed by atoms with Crippen LogP contribution in [0.15, 0.2) is 48.5 Å². The number of hydrogen-bond donors (Lipinski definition) is 1. The molecule has 11 heteroatoms. The van der Waals surface area contributed by atoms with Crippen LogP contribution in [0.1, 0.15) is 37.8 Å². The van der Waals surface area contributed by atoms with Crippen LogP contribution in [0, 0.1) is 17.0 Å². The summed E-state index contributed by atoms with van der Waals surface area (Å²) in [7, 11) is -3.99. The molecule has 35 heavy (non-hydrogen) atoms. The Morgan fingerprint density at radius 2 is 1.80 bits per heavy atom. The molecule has 2 aromatic carbocycles. The number of nitrogens with one attached hydrogen (secondary N) is 1. The first-order valence-electron chi connectivity index (χ1n) is 11.3. The third-order valence-electron chi connectivity index (χ3n) is 5.54. The van der Waals surface area contributed by atoms with Gasteiger partial charge in [0.15, 0.2) is 0 Å². The van der Waals surface area contributed by atoms with Gasteiger partial charge in [0, 0.05) is 25.2 Å². The van der Waals surface area contributed by atoms with Crippen LogP contribution in [0.3, 0.4) is 0 Å². The molecule has 0 aliphatic rings. The molecule has 0 bridgehead atoms. The number of non-ortho nitro benzene ring substituents is 1. The van der Waals surface area contributed by atoms with Crippen molar-refractivity contribution in [3.8, 4) is 0 Å². The molecule has 10 nitrogen and oxygen atoms in total. The molecule has 0 aliphatic heterocycles. The van der Waals surface area contributed by atoms with Gasteiger partial charge < -0.3 is 10.2 Å². The molecule has 2 amide bonds. The lowest BCUT2D eigenvalue weighted by Gasteiger charge is -2.31. The predicted molar refractivity (Wildman–Crippen MR) is 134 cm³/mol. The highest BCUT2D eigenvalue weighted by atomic mass is 32.2. The molecule has 0 saturated heterocycles. The largest absolute Gasteiger partial charge is 0.354 e. The Morgan fingerprint density at radius 3 is 2.37 bits per heavy atom. The van der Waals surface area contributed by atoms with Crippen molar-refractivity contribution in [2.45, 2.75) is 46.2 Å². The van der Waals surface area contributed by atoms with Crippen molar-refractivity contribution in [2.24, 2.45) is 0 Å². The fourth-order valence-corrected chi connectivity index (χ4v) is 4.37. The lowest BCUT2D eigenvalue weighted by atomic mass is 10.1. The first kappa shape index (κ1) is 27.8. The van der Waals surface area contributed by atoms with E-state index in [9.17, 15) is 28.1 Å². The van der Waals surface area contributed by atoms with E-state index in [0.717, 1.165) is 35.0 Å². The number of nitro groups is 1. The average Bonchev–Trinajstić information content (AvgIpc) is 2.80. The number of sulfonamides is 1. The van der Waals surface area contributed by atoms with E-state index in [-0.39, 0.29) is 23.8 Å². The zero-order chi connectivity index (χ0) is 26.2. The number of carbonyl (C=O) groups is 2. The maximum absolute atomic E-state index is 13.5. The van der Waals surface area contributed by atoms with E-state index in [1.54, 1.807) is 38.1 Å². The van der Waals surface area contributed by atoms with Crippen molar-refractivity contribution < 1.29 is 22.9 Å². The molecule has 0 spiro atoms. The number of anilines is 1. The lowest BCUT2D eigenvalue weighted by Crippen LogP contribution is -2.51. The number of hydrogen-bond acceptors (Lipinski definition) is 6. The van der Waals surface area contributed by atoms with Crippen LogP contribution in [0.4, 0.5) is 11.4 Å². The van der Waals surface area contributed by atoms with E-state index >= 15 is 0 Å². The normalized spacial score (nSPS) is 12.0. The van der Waals surface area contributed by atoms with Crippen molar-refractivity contribution in [2.75, 3.05) is 23.7 Å². The first-order chi connectivity index (χ1) is 16.5. The van der Waals surface area contributed by atoms with Crippen molar-refractivity contribution in [3.63, 3.8) is 0 Å². The summed E-state index contributed by atoms with van der Waals surface area (Å²) < 4.78 is 26.2. The van der Waals surface area contributed by atoms with Crippen LogP contribution in [0.2, 0.25) is 0 Å². The monoisotopic (exact) mass is 504 g/mol. The third-order valence-corrected chi connectivity index (χ3v) is 6.67. The molecule has 0 fully saturated rings. The average molecular weight is 505 g/mol. The van der Waals surface area contributed by atoms with E-state index in [1.165, 1.54) is 17.0 Å². The Morgan fingerprint density at radius 1 is 1.14 bits per heavy atom. The summed E-state index contributed by atoms with van der Waals surface area (Å²) in [5.41, 5.74) is 0.964. The predicted octanol–water partition coefficient (Wildman–Crippen LogP) is 3.00. The third kappa shape index (κ3) is 7.78. The summed E-state index contributed by atoms with van der Waals surface area (Å²) in [4.78, 5) is 38.2. The maximum Gasteiger partial charge on any atom is 0.271 e. The van der Waals surface area contributed by atoms with E-state index in [0.29, 0.717) is 12.1 Å². The molecular formula is C24H32N4O6S. The highest BCUT2D eigenvalue weighted by Gasteiger charge is 2.31. The first-order valence-corrected chi connectivity index (χ1v) is 13.1. The van der Waals surface area contributed by atoms with Crippen LogP contribution >= 0.6 is 0 Å². The summed E-state index contributed by atoms with van der Waals surface area (Å²) in [5, 5.41) is 14.1. The zero-order valence-electron chi connectivity index (χ0n) is 20.4. The second kappa shape index (κ2) is 12.3. The molecule has 0 unspecified atom stereocenters. The van der Waals surface area contributed by atoms with Crippen molar-refractivity contribution in [1.29, 1.82) is 0 Å². The number of rotatable bonds is 12. The van der Waals surface area contributed by atoms with Gasteiger partial charge >= 0.3 is 0 Å². The fraction of sp³-hybridized carbons (Fsp3) is 0.417. The van der Waals surface area contributed by atoms with Gasteiger partial charge in [-0.25, -0.2) is 8.42 Å². The molecule has 0 aromatic heterocycles. The second-order valence-electron chi connectivity index (χ2n) is 8.33. The number of nitrogens with zero attached hydrogens (tertiary/aromatic N) is 3. The van der Waals surface area contributed by atoms with E-state index in [4.69, 9.17) is 0 Å². The summed E-state index contributed by atoms with van der Waals surface area (Å²) in [6.45, 7) is 5.14. The Balaban J connectivity index is 2.41. The van der Waals surface area contributed by atoms with Crippen LogP contribution < -0.4 is 9.62 Å². The smallest absolute Gasteiger partial charge is 0.271 e. The quantitative estimate of drug-likeness (QED) is 0.269. The number of carbonyl (C=O) groups excluding carboxylic acids is 2. The molecule has 0 saturated carbocycles. The van der Waals surface area contributed by atoms with E-state index in [1.807, 2.05) is 13.0 Å². The molecular weight excluding hydrogens is 472 g/mol. The number of amides is 2. The van der Waals surface area contributed by atoms with Gasteiger partial charge in [0.25, 0.3) is 5.69 Å². The Kier molecular flexibility index (Phi) is 9.76. The number of nitro benzene ring substituents is 1. The standard InChI is InChI=1S/C24H32N4O6S/c1-5-6-14-25-24(30)19(3)26(16-20-10-8-7-9-11-20)23(29)17-27(35(4,33)34)22-15-21(28(31)32)13-12-18(22)2/h7-13,15,19H,5-6,14,16-17H2,1-4H3,(H,25,30)/t19-/m0/s1. The Bertz CT molecular complexity index is 1150. The molecule has 1 atom stereocenters. The lowest BCUT2D eigenvalue weighted by molar-refractivity contribution is -0.384. The van der Waals surface area contributed by atoms with Crippen LogP contribution in [-0.2, 0) is 26.2 Å². The minimum atomic E-state index is -3.99. The molecule has 0 aliphatic carbocycles. The highest BCUT2D eigenvalue weighted by molar-refractivity contribution is 7.92. The van der Waals surface area contributed by atoms with Gasteiger partial charge in [0.1, 0.15) is 12.6 Å². The summed E-state index contributed by atoms with van der Waals surface area (Å²) in [6, 6.07) is 12.0. The van der Waals surface area contributed by atoms with Crippen molar-refractivity contribution in [3.05, 3.63) is 69.8 Å². The van der Waals surface area contributed by atoms with Crippen molar-refractivity contribution >= 4 is 33.2 Å². The van der Waals surface area contributed by atoms with E-state index in [2.05, 4.69) is 5.32 Å². The number of unbranched alkanes of at least 4 members (excludes halogenated alkanes) is 1. The second-order valence-corrected chi connectivity index (χ2v) is 10.2. The van der Waals surface area contributed by atoms with Gasteiger partial charge in [-0.1, -0.05) is 49.7 Å². The molecule has 190 valence electrons. The number of benzene rings is 2. The zero-order valence-corrected chi connectivity index (χ0v) is 21.2. The molecule has 2 aromatic rings. The van der Waals surface area contributed by atoms with Crippen LogP contribution in [-0.4, -0.2) is 55.4 Å². The van der Waals surface area contributed by atoms with Gasteiger partial charge in [-0.2, -0.15) is 0 Å². The van der Waals surface area contributed by atoms with Gasteiger partial charge in [-0.05, 0) is 31.4 Å². The molecule has 0 heterocycles. The van der Waals surface area contributed by atoms with Gasteiger partial charge in [0.2, 0.25) is 21.8 Å². The highest BCUT2D eigenvalue weighted by Crippen LogP contribution is 2.27. The molecule has 0 radical (unpaired) electrons. The summed E-state index contributed by atoms with van der Waals surface area (Å²) in [5.74, 6) is -0.955. The Hall–Kier alpha value is -3.47. The number of aryl methyl sites for hydroxylation is 1. The topological polar surface area (TPSA) is 130 Å². The molecule has 2 rings (SSSR count). The minimum Gasteiger partial charge on any atom is -0.354 e. The maximum atomic E-state index is 13.5. The molecule has 1 N–H and O–H groups in total. The Labute approximate surface area is 206 Å². The van der Waals surface area contributed by atoms with Gasteiger partial charge in [-0.3, -0.25) is 24.0 Å². The minimum absolute atomic E-state index is 0.0368. The van der Waals surface area contributed by atoms with E-state index < -0.39 is 33.4 Å². The SMILES string of the molecule is CCCCNC(=O)[C@H](C)N(Cc1ccccc1)C(=O)CN(c1cc([N+](=O)[O-])ccc1C)S(C)(=O)=O. The van der Waals surface area contributed by atoms with Crippen LogP contribution in [0.5, 0.6) is 0 Å². The van der Waals surface area contributed by atoms with Gasteiger partial charge in [0.05, 0.1) is 16.9 Å². The fourth-order valence-electron chi connectivity index (χ4n) is 3.47. The van der Waals surface area contributed by atoms with Crippen LogP contribution in [0.25, 0.3) is 0 Å².